The van der Waals surface area contributed by atoms with Crippen LogP contribution in [0, 0.1) is 0 Å². The average Bonchev–Trinajstić information content (AvgIpc) is 2.91. The highest BCUT2D eigenvalue weighted by Gasteiger charge is 2.51. The van der Waals surface area contributed by atoms with Gasteiger partial charge >= 0.3 is 5.97 Å². The molecule has 2 rings (SSSR count). The quantitative estimate of drug-likeness (QED) is 0.444. The van der Waals surface area contributed by atoms with Crippen molar-refractivity contribution < 1.29 is 22.7 Å². The fraction of sp³-hybridized carbons (Fsp3) is 0.789. The second-order valence-corrected chi connectivity index (χ2v) is 9.58. The van der Waals surface area contributed by atoms with E-state index in [2.05, 4.69) is 24.1 Å². The highest BCUT2D eigenvalue weighted by molar-refractivity contribution is 7.89. The molecule has 2 aliphatic heterocycles. The first-order chi connectivity index (χ1) is 13.2. The first kappa shape index (κ1) is 22.8. The maximum absolute atomic E-state index is 12.8. The molecule has 1 fully saturated rings. The number of rotatable bonds is 9. The number of hydrogen-bond donors (Lipinski definition) is 1. The van der Waals surface area contributed by atoms with Gasteiger partial charge in [0.05, 0.1) is 11.3 Å². The summed E-state index contributed by atoms with van der Waals surface area (Å²) in [4.78, 5) is 27.3. The molecule has 0 aliphatic carbocycles. The number of nitrogens with zero attached hydrogens (tertiary/aromatic N) is 2. The molecule has 1 N–H and O–H groups in total. The maximum atomic E-state index is 12.8. The number of amides is 1. The number of esters is 1. The molecule has 0 bridgehead atoms. The standard InChI is InChI=1S/C19H33N3O5S/c1-5-21(6-2)12-8-11-20-17(23)16-15(4)18(24)27-19(16)9-13-22(14-10-19)28(25,26)7-3/h5-14H2,1-4H3,(H,20,23). The van der Waals surface area contributed by atoms with Gasteiger partial charge in [0, 0.05) is 38.0 Å². The molecule has 2 aliphatic rings. The molecule has 0 unspecified atom stereocenters. The Balaban J connectivity index is 2.03. The molecule has 1 saturated heterocycles. The molecule has 8 nitrogen and oxygen atoms in total. The number of piperidine rings is 1. The van der Waals surface area contributed by atoms with Crippen LogP contribution in [0.3, 0.4) is 0 Å². The molecule has 0 aromatic rings. The normalized spacial score (nSPS) is 20.1. The Bertz CT molecular complexity index is 720. The molecule has 160 valence electrons. The second-order valence-electron chi connectivity index (χ2n) is 7.32. The summed E-state index contributed by atoms with van der Waals surface area (Å²) in [5.41, 5.74) is -0.314. The van der Waals surface area contributed by atoms with Crippen molar-refractivity contribution >= 4 is 21.9 Å². The minimum absolute atomic E-state index is 0.0362. The van der Waals surface area contributed by atoms with Crippen LogP contribution in [-0.4, -0.2) is 80.1 Å². The summed E-state index contributed by atoms with van der Waals surface area (Å²) in [6, 6.07) is 0. The predicted molar refractivity (Wildman–Crippen MR) is 107 cm³/mol. The van der Waals surface area contributed by atoms with Crippen LogP contribution in [0.1, 0.15) is 47.0 Å². The lowest BCUT2D eigenvalue weighted by molar-refractivity contribution is -0.150. The zero-order valence-corrected chi connectivity index (χ0v) is 18.2. The molecule has 1 spiro atoms. The van der Waals surface area contributed by atoms with E-state index in [1.807, 2.05) is 0 Å². The van der Waals surface area contributed by atoms with E-state index in [1.54, 1.807) is 13.8 Å². The van der Waals surface area contributed by atoms with E-state index in [0.29, 0.717) is 30.5 Å². The fourth-order valence-electron chi connectivity index (χ4n) is 3.92. The third-order valence-corrected chi connectivity index (χ3v) is 7.65. The van der Waals surface area contributed by atoms with Gasteiger partial charge in [-0.05, 0) is 39.9 Å². The number of ether oxygens (including phenoxy) is 1. The van der Waals surface area contributed by atoms with E-state index >= 15 is 0 Å². The first-order valence-corrected chi connectivity index (χ1v) is 11.7. The Morgan fingerprint density at radius 3 is 2.36 bits per heavy atom. The molecular formula is C19H33N3O5S. The zero-order valence-electron chi connectivity index (χ0n) is 17.4. The third-order valence-electron chi connectivity index (χ3n) is 5.77. The van der Waals surface area contributed by atoms with Gasteiger partial charge in [-0.25, -0.2) is 17.5 Å². The second kappa shape index (κ2) is 9.37. The van der Waals surface area contributed by atoms with Crippen LogP contribution >= 0.6 is 0 Å². The minimum Gasteiger partial charge on any atom is -0.450 e. The number of sulfonamides is 1. The largest absolute Gasteiger partial charge is 0.450 e. The van der Waals surface area contributed by atoms with Gasteiger partial charge < -0.3 is 15.0 Å². The summed E-state index contributed by atoms with van der Waals surface area (Å²) in [6.07, 6.45) is 1.43. The lowest BCUT2D eigenvalue weighted by Crippen LogP contribution is -2.50. The Hall–Kier alpha value is -1.45. The average molecular weight is 416 g/mol. The van der Waals surface area contributed by atoms with Crippen LogP contribution in [0.4, 0.5) is 0 Å². The van der Waals surface area contributed by atoms with Gasteiger partial charge in [-0.1, -0.05) is 13.8 Å². The van der Waals surface area contributed by atoms with Crippen LogP contribution in [0.25, 0.3) is 0 Å². The molecule has 1 amide bonds. The van der Waals surface area contributed by atoms with Crippen molar-refractivity contribution in [3.63, 3.8) is 0 Å². The lowest BCUT2D eigenvalue weighted by Gasteiger charge is -2.38. The number of hydrogen-bond acceptors (Lipinski definition) is 6. The van der Waals surface area contributed by atoms with Crippen LogP contribution < -0.4 is 5.32 Å². The fourth-order valence-corrected chi connectivity index (χ4v) is 5.02. The Labute approximate surface area is 168 Å². The molecule has 0 radical (unpaired) electrons. The van der Waals surface area contributed by atoms with Crippen LogP contribution in [0.2, 0.25) is 0 Å². The Kier molecular flexibility index (Phi) is 7.64. The topological polar surface area (TPSA) is 96.0 Å². The van der Waals surface area contributed by atoms with E-state index < -0.39 is 21.6 Å². The highest BCUT2D eigenvalue weighted by atomic mass is 32.2. The van der Waals surface area contributed by atoms with Crippen molar-refractivity contribution in [3.05, 3.63) is 11.1 Å². The third kappa shape index (κ3) is 4.75. The van der Waals surface area contributed by atoms with E-state index in [-0.39, 0.29) is 24.7 Å². The first-order valence-electron chi connectivity index (χ1n) is 10.1. The van der Waals surface area contributed by atoms with Gasteiger partial charge in [0.25, 0.3) is 5.91 Å². The van der Waals surface area contributed by atoms with E-state index in [4.69, 9.17) is 4.74 Å². The van der Waals surface area contributed by atoms with Crippen molar-refractivity contribution in [1.29, 1.82) is 0 Å². The van der Waals surface area contributed by atoms with Crippen molar-refractivity contribution in [2.75, 3.05) is 45.0 Å². The monoisotopic (exact) mass is 415 g/mol. The molecule has 28 heavy (non-hydrogen) atoms. The minimum atomic E-state index is -3.29. The van der Waals surface area contributed by atoms with Crippen molar-refractivity contribution in [3.8, 4) is 0 Å². The van der Waals surface area contributed by atoms with E-state index in [0.717, 1.165) is 26.1 Å². The predicted octanol–water partition coefficient (Wildman–Crippen LogP) is 0.892. The summed E-state index contributed by atoms with van der Waals surface area (Å²) in [7, 11) is -3.29. The Morgan fingerprint density at radius 1 is 1.21 bits per heavy atom. The molecule has 0 saturated carbocycles. The number of carbonyl (C=O) groups is 2. The molecule has 0 aromatic carbocycles. The Morgan fingerprint density at radius 2 is 1.82 bits per heavy atom. The lowest BCUT2D eigenvalue weighted by atomic mass is 9.83. The van der Waals surface area contributed by atoms with Crippen molar-refractivity contribution in [2.24, 2.45) is 0 Å². The van der Waals surface area contributed by atoms with Gasteiger partial charge in [0.15, 0.2) is 0 Å². The molecule has 9 heteroatoms. The summed E-state index contributed by atoms with van der Waals surface area (Å²) >= 11 is 0. The van der Waals surface area contributed by atoms with Gasteiger partial charge in [-0.3, -0.25) is 4.79 Å². The molecule has 2 heterocycles. The van der Waals surface area contributed by atoms with Gasteiger partial charge in [0.2, 0.25) is 10.0 Å². The summed E-state index contributed by atoms with van der Waals surface area (Å²) in [5, 5.41) is 2.92. The van der Waals surface area contributed by atoms with Gasteiger partial charge in [-0.15, -0.1) is 0 Å². The SMILES string of the molecule is CCN(CC)CCCNC(=O)C1=C(C)C(=O)OC12CCN(S(=O)(=O)CC)CC2. The van der Waals surface area contributed by atoms with Crippen LogP contribution in [0.5, 0.6) is 0 Å². The molecule has 0 aromatic heterocycles. The number of carbonyl (C=O) groups excluding carboxylic acids is 2. The summed E-state index contributed by atoms with van der Waals surface area (Å²) in [6.45, 7) is 11.3. The van der Waals surface area contributed by atoms with E-state index in [1.165, 1.54) is 4.31 Å². The van der Waals surface area contributed by atoms with E-state index in [9.17, 15) is 18.0 Å². The zero-order chi connectivity index (χ0) is 20.9. The highest BCUT2D eigenvalue weighted by Crippen LogP contribution is 2.41. The van der Waals surface area contributed by atoms with Gasteiger partial charge in [-0.2, -0.15) is 0 Å². The van der Waals surface area contributed by atoms with Crippen molar-refractivity contribution in [2.45, 2.75) is 52.6 Å². The number of nitrogens with one attached hydrogen (secondary N) is 1. The maximum Gasteiger partial charge on any atom is 0.335 e. The summed E-state index contributed by atoms with van der Waals surface area (Å²) in [5.74, 6) is -0.732. The molecular weight excluding hydrogens is 382 g/mol. The van der Waals surface area contributed by atoms with Gasteiger partial charge in [0.1, 0.15) is 5.60 Å². The van der Waals surface area contributed by atoms with Crippen LogP contribution in [0.15, 0.2) is 11.1 Å². The van der Waals surface area contributed by atoms with Crippen LogP contribution in [-0.2, 0) is 24.3 Å². The molecule has 0 atom stereocenters. The summed E-state index contributed by atoms with van der Waals surface area (Å²) < 4.78 is 31.2. The smallest absolute Gasteiger partial charge is 0.335 e. The van der Waals surface area contributed by atoms with Crippen molar-refractivity contribution in [1.82, 2.24) is 14.5 Å².